The number of carbonyl (C=O) groups is 1. The molecule has 1 heterocycles. The van der Waals surface area contributed by atoms with E-state index in [1.165, 1.54) is 24.5 Å². The second-order valence-electron chi connectivity index (χ2n) is 3.44. The van der Waals surface area contributed by atoms with Crippen LogP contribution in [0.4, 0.5) is 14.5 Å². The second-order valence-corrected chi connectivity index (χ2v) is 4.81. The zero-order valence-electron chi connectivity index (χ0n) is 9.40. The molecule has 0 atom stereocenters. The van der Waals surface area contributed by atoms with Crippen LogP contribution < -0.4 is 5.32 Å². The molecule has 1 aromatic carbocycles. The van der Waals surface area contributed by atoms with Gasteiger partial charge in [0.25, 0.3) is 11.7 Å². The lowest BCUT2D eigenvalue weighted by Gasteiger charge is -2.09. The highest BCUT2D eigenvalue weighted by Gasteiger charge is 2.16. The monoisotopic (exact) mass is 303 g/mol. The molecule has 1 aromatic heterocycles. The highest BCUT2D eigenvalue weighted by atomic mass is 35.5. The average Bonchev–Trinajstić information content (AvgIpc) is 2.77. The molecule has 0 aliphatic rings. The number of para-hydroxylation sites is 1. The van der Waals surface area contributed by atoms with Gasteiger partial charge in [0, 0.05) is 4.90 Å². The summed E-state index contributed by atoms with van der Waals surface area (Å²) in [6.45, 7) is 0. The van der Waals surface area contributed by atoms with Crippen LogP contribution in [-0.4, -0.2) is 11.7 Å². The first kappa shape index (κ1) is 13.9. The summed E-state index contributed by atoms with van der Waals surface area (Å²) in [6, 6.07) is 7.70. The number of benzene rings is 1. The van der Waals surface area contributed by atoms with Crippen molar-refractivity contribution in [3.05, 3.63) is 47.4 Å². The van der Waals surface area contributed by atoms with E-state index >= 15 is 0 Å². The van der Waals surface area contributed by atoms with Crippen molar-refractivity contribution in [2.75, 3.05) is 5.32 Å². The van der Waals surface area contributed by atoms with Gasteiger partial charge >= 0.3 is 0 Å². The summed E-state index contributed by atoms with van der Waals surface area (Å²) in [5, 5.41) is 2.48. The Balaban J connectivity index is 2.19. The predicted octanol–water partition coefficient (Wildman–Crippen LogP) is 4.50. The summed E-state index contributed by atoms with van der Waals surface area (Å²) in [6.07, 6.45) is 1.27. The first-order valence-electron chi connectivity index (χ1n) is 5.16. The molecule has 0 aliphatic carbocycles. The minimum Gasteiger partial charge on any atom is -0.452 e. The molecular weight excluding hydrogens is 296 g/mol. The highest BCUT2D eigenvalue weighted by molar-refractivity contribution is 7.99. The molecule has 100 valence electrons. The van der Waals surface area contributed by atoms with Gasteiger partial charge in [-0.25, -0.2) is 0 Å². The largest absolute Gasteiger partial charge is 0.452 e. The normalized spacial score (nSPS) is 10.7. The van der Waals surface area contributed by atoms with E-state index in [2.05, 4.69) is 5.32 Å². The fourth-order valence-corrected chi connectivity index (χ4v) is 2.21. The number of halogens is 3. The molecule has 0 bridgehead atoms. The number of hydrogen-bond donors (Lipinski definition) is 1. The third-order valence-corrected chi connectivity index (χ3v) is 3.29. The molecule has 0 fully saturated rings. The Bertz CT molecular complexity index is 589. The zero-order valence-corrected chi connectivity index (χ0v) is 11.0. The highest BCUT2D eigenvalue weighted by Crippen LogP contribution is 2.32. The van der Waals surface area contributed by atoms with Crippen LogP contribution >= 0.6 is 23.4 Å². The molecule has 0 spiro atoms. The number of alkyl halides is 2. The van der Waals surface area contributed by atoms with Gasteiger partial charge in [-0.2, -0.15) is 8.78 Å². The zero-order chi connectivity index (χ0) is 13.8. The Hall–Kier alpha value is -1.53. The van der Waals surface area contributed by atoms with Crippen molar-refractivity contribution in [1.82, 2.24) is 0 Å². The third-order valence-electron chi connectivity index (χ3n) is 2.21. The number of thioether (sulfide) groups is 1. The third kappa shape index (κ3) is 3.48. The molecule has 2 rings (SSSR count). The van der Waals surface area contributed by atoms with E-state index in [0.29, 0.717) is 17.4 Å². The number of amides is 1. The standard InChI is InChI=1S/C12H8ClF2NO2S/c13-10-7(5-6-18-10)11(17)16-8-3-1-2-4-9(8)19-12(14)15/h1-6,12H,(H,16,17). The van der Waals surface area contributed by atoms with Gasteiger partial charge in [-0.15, -0.1) is 0 Å². The van der Waals surface area contributed by atoms with Gasteiger partial charge in [0.1, 0.15) is 0 Å². The van der Waals surface area contributed by atoms with Gasteiger partial charge < -0.3 is 9.73 Å². The fraction of sp³-hybridized carbons (Fsp3) is 0.0833. The van der Waals surface area contributed by atoms with E-state index < -0.39 is 11.7 Å². The molecule has 3 nitrogen and oxygen atoms in total. The van der Waals surface area contributed by atoms with Crippen LogP contribution in [0.5, 0.6) is 0 Å². The summed E-state index contributed by atoms with van der Waals surface area (Å²) < 4.78 is 29.6. The van der Waals surface area contributed by atoms with Crippen molar-refractivity contribution in [2.24, 2.45) is 0 Å². The number of anilines is 1. The van der Waals surface area contributed by atoms with Crippen LogP contribution in [-0.2, 0) is 0 Å². The Morgan fingerprint density at radius 3 is 2.68 bits per heavy atom. The molecular formula is C12H8ClF2NO2S. The lowest BCUT2D eigenvalue weighted by atomic mass is 10.3. The van der Waals surface area contributed by atoms with E-state index in [1.54, 1.807) is 12.1 Å². The van der Waals surface area contributed by atoms with E-state index in [-0.39, 0.29) is 15.7 Å². The van der Waals surface area contributed by atoms with Crippen molar-refractivity contribution in [2.45, 2.75) is 10.7 Å². The first-order valence-corrected chi connectivity index (χ1v) is 6.42. The summed E-state index contributed by atoms with van der Waals surface area (Å²) in [5.41, 5.74) is 0.452. The molecule has 2 aromatic rings. The number of furan rings is 1. The van der Waals surface area contributed by atoms with Crippen molar-refractivity contribution < 1.29 is 18.0 Å². The first-order chi connectivity index (χ1) is 9.08. The Kier molecular flexibility index (Phi) is 4.44. The maximum atomic E-state index is 12.4. The Labute approximate surface area is 116 Å². The maximum absolute atomic E-state index is 12.4. The van der Waals surface area contributed by atoms with Crippen molar-refractivity contribution in [1.29, 1.82) is 0 Å². The van der Waals surface area contributed by atoms with Gasteiger partial charge in [0.05, 0.1) is 17.5 Å². The molecule has 0 saturated heterocycles. The summed E-state index contributed by atoms with van der Waals surface area (Å²) in [7, 11) is 0. The molecule has 1 N–H and O–H groups in total. The van der Waals surface area contributed by atoms with Gasteiger partial charge in [0.2, 0.25) is 5.22 Å². The van der Waals surface area contributed by atoms with Gasteiger partial charge in [-0.05, 0) is 29.8 Å². The van der Waals surface area contributed by atoms with Gasteiger partial charge in [-0.3, -0.25) is 4.79 Å². The lowest BCUT2D eigenvalue weighted by Crippen LogP contribution is -2.12. The summed E-state index contributed by atoms with van der Waals surface area (Å²) in [4.78, 5) is 12.2. The summed E-state index contributed by atoms with van der Waals surface area (Å²) >= 11 is 6.04. The SMILES string of the molecule is O=C(Nc1ccccc1SC(F)F)c1ccoc1Cl. The molecule has 0 saturated carbocycles. The van der Waals surface area contributed by atoms with Crippen LogP contribution in [0.2, 0.25) is 5.22 Å². The molecule has 0 aliphatic heterocycles. The smallest absolute Gasteiger partial charge is 0.288 e. The molecule has 7 heteroatoms. The minimum atomic E-state index is -2.56. The molecule has 1 amide bonds. The predicted molar refractivity (Wildman–Crippen MR) is 70.0 cm³/mol. The van der Waals surface area contributed by atoms with Gasteiger partial charge in [-0.1, -0.05) is 23.9 Å². The lowest BCUT2D eigenvalue weighted by molar-refractivity contribution is 0.102. The van der Waals surface area contributed by atoms with Crippen LogP contribution in [0, 0.1) is 0 Å². The van der Waals surface area contributed by atoms with Crippen molar-refractivity contribution in [3.8, 4) is 0 Å². The van der Waals surface area contributed by atoms with E-state index in [0.717, 1.165) is 0 Å². The number of rotatable bonds is 4. The van der Waals surface area contributed by atoms with Gasteiger partial charge in [0.15, 0.2) is 0 Å². The van der Waals surface area contributed by atoms with Crippen LogP contribution in [0.25, 0.3) is 0 Å². The quantitative estimate of drug-likeness (QED) is 0.846. The van der Waals surface area contributed by atoms with Crippen LogP contribution in [0.15, 0.2) is 45.9 Å². The van der Waals surface area contributed by atoms with Crippen LogP contribution in [0.3, 0.4) is 0 Å². The molecule has 19 heavy (non-hydrogen) atoms. The second kappa shape index (κ2) is 6.08. The Morgan fingerprint density at radius 2 is 2.05 bits per heavy atom. The van der Waals surface area contributed by atoms with Crippen molar-refractivity contribution >= 4 is 35.0 Å². The minimum absolute atomic E-state index is 0.0449. The van der Waals surface area contributed by atoms with Crippen molar-refractivity contribution in [3.63, 3.8) is 0 Å². The topological polar surface area (TPSA) is 42.2 Å². The molecule has 0 radical (unpaired) electrons. The van der Waals surface area contributed by atoms with E-state index in [9.17, 15) is 13.6 Å². The van der Waals surface area contributed by atoms with E-state index in [4.69, 9.17) is 16.0 Å². The number of hydrogen-bond acceptors (Lipinski definition) is 3. The maximum Gasteiger partial charge on any atom is 0.288 e. The van der Waals surface area contributed by atoms with Crippen LogP contribution in [0.1, 0.15) is 10.4 Å². The fourth-order valence-electron chi connectivity index (χ4n) is 1.41. The summed E-state index contributed by atoms with van der Waals surface area (Å²) in [5.74, 6) is -3.07. The number of carbonyl (C=O) groups excluding carboxylic acids is 1. The Morgan fingerprint density at radius 1 is 1.32 bits per heavy atom. The number of nitrogens with one attached hydrogen (secondary N) is 1. The molecule has 0 unspecified atom stereocenters. The van der Waals surface area contributed by atoms with E-state index in [1.807, 2.05) is 0 Å². The average molecular weight is 304 g/mol.